The summed E-state index contributed by atoms with van der Waals surface area (Å²) in [6.45, 7) is 0. The van der Waals surface area contributed by atoms with Gasteiger partial charge in [-0.2, -0.15) is 0 Å². The summed E-state index contributed by atoms with van der Waals surface area (Å²) in [4.78, 5) is 14.2. The first-order valence-corrected chi connectivity index (χ1v) is 7.14. The van der Waals surface area contributed by atoms with Crippen molar-refractivity contribution >= 4 is 34.6 Å². The number of nitrogens with one attached hydrogen (secondary N) is 1. The second-order valence-electron chi connectivity index (χ2n) is 4.45. The molecular weight excluding hydrogens is 284 g/mol. The number of amides is 1. The maximum Gasteiger partial charge on any atom is 0.271 e. The molecule has 4 nitrogen and oxygen atoms in total. The van der Waals surface area contributed by atoms with E-state index >= 15 is 0 Å². The number of thioether (sulfide) groups is 1. The number of para-hydroxylation sites is 2. The van der Waals surface area contributed by atoms with E-state index in [0.29, 0.717) is 16.2 Å². The molecule has 2 aromatic carbocycles. The Hall–Kier alpha value is -2.53. The van der Waals surface area contributed by atoms with Gasteiger partial charge >= 0.3 is 0 Å². The van der Waals surface area contributed by atoms with Gasteiger partial charge in [-0.25, -0.2) is 0 Å². The lowest BCUT2D eigenvalue weighted by molar-refractivity contribution is -0.113. The molecule has 3 rings (SSSR count). The van der Waals surface area contributed by atoms with E-state index in [2.05, 4.69) is 0 Å². The molecule has 104 valence electrons. The van der Waals surface area contributed by atoms with Gasteiger partial charge in [-0.05, 0) is 36.0 Å². The van der Waals surface area contributed by atoms with Gasteiger partial charge < -0.3 is 5.11 Å². The minimum atomic E-state index is -0.251. The van der Waals surface area contributed by atoms with Crippen LogP contribution in [0.5, 0.6) is 5.75 Å². The molecule has 0 spiro atoms. The Morgan fingerprint density at radius 2 is 1.71 bits per heavy atom. The van der Waals surface area contributed by atoms with Crippen LogP contribution in [0.2, 0.25) is 0 Å². The van der Waals surface area contributed by atoms with Gasteiger partial charge in [0.2, 0.25) is 0 Å². The Morgan fingerprint density at radius 3 is 2.43 bits per heavy atom. The molecule has 2 N–H and O–H groups in total. The van der Waals surface area contributed by atoms with Crippen LogP contribution in [0.1, 0.15) is 5.56 Å². The predicted molar refractivity (Wildman–Crippen MR) is 85.3 cm³/mol. The zero-order chi connectivity index (χ0) is 14.8. The standard InChI is InChI=1S/C16H12N2O2S/c17-16-18(12-7-2-1-3-8-12)15(20)14(21-16)10-11-6-4-5-9-13(11)19/h1-10,17,19H. The van der Waals surface area contributed by atoms with Gasteiger partial charge in [0.05, 0.1) is 10.6 Å². The van der Waals surface area contributed by atoms with Crippen molar-refractivity contribution in [2.45, 2.75) is 0 Å². The highest BCUT2D eigenvalue weighted by Gasteiger charge is 2.33. The molecular formula is C16H12N2O2S. The van der Waals surface area contributed by atoms with Crippen molar-refractivity contribution in [3.63, 3.8) is 0 Å². The van der Waals surface area contributed by atoms with Crippen LogP contribution in [0.3, 0.4) is 0 Å². The van der Waals surface area contributed by atoms with E-state index in [9.17, 15) is 9.90 Å². The summed E-state index contributed by atoms with van der Waals surface area (Å²) in [5, 5.41) is 17.9. The van der Waals surface area contributed by atoms with Crippen molar-refractivity contribution in [1.29, 1.82) is 5.41 Å². The van der Waals surface area contributed by atoms with E-state index in [1.54, 1.807) is 42.5 Å². The van der Waals surface area contributed by atoms with E-state index in [1.807, 2.05) is 18.2 Å². The third kappa shape index (κ3) is 2.55. The molecule has 1 amide bonds. The monoisotopic (exact) mass is 296 g/mol. The molecule has 1 saturated heterocycles. The highest BCUT2D eigenvalue weighted by Crippen LogP contribution is 2.35. The lowest BCUT2D eigenvalue weighted by atomic mass is 10.2. The normalized spacial score (nSPS) is 16.8. The molecule has 0 atom stereocenters. The minimum absolute atomic E-state index is 0.114. The fourth-order valence-corrected chi connectivity index (χ4v) is 2.90. The second kappa shape index (κ2) is 5.46. The van der Waals surface area contributed by atoms with Crippen LogP contribution in [0.15, 0.2) is 59.5 Å². The topological polar surface area (TPSA) is 64.4 Å². The van der Waals surface area contributed by atoms with E-state index in [0.717, 1.165) is 11.8 Å². The number of amidine groups is 1. The van der Waals surface area contributed by atoms with Crippen molar-refractivity contribution in [2.24, 2.45) is 0 Å². The van der Waals surface area contributed by atoms with E-state index < -0.39 is 0 Å². The zero-order valence-electron chi connectivity index (χ0n) is 11.0. The number of benzene rings is 2. The lowest BCUT2D eigenvalue weighted by Crippen LogP contribution is -2.27. The third-order valence-corrected chi connectivity index (χ3v) is 3.95. The van der Waals surface area contributed by atoms with Crippen molar-refractivity contribution in [2.75, 3.05) is 4.90 Å². The summed E-state index contributed by atoms with van der Waals surface area (Å²) in [6.07, 6.45) is 1.61. The summed E-state index contributed by atoms with van der Waals surface area (Å²) >= 11 is 1.09. The van der Waals surface area contributed by atoms with Crippen LogP contribution in [-0.2, 0) is 4.79 Å². The summed E-state index contributed by atoms with van der Waals surface area (Å²) in [5.74, 6) is -0.137. The SMILES string of the molecule is N=C1SC(=Cc2ccccc2O)C(=O)N1c1ccccc1. The van der Waals surface area contributed by atoms with Crippen LogP contribution in [0.25, 0.3) is 6.08 Å². The van der Waals surface area contributed by atoms with Crippen LogP contribution < -0.4 is 4.90 Å². The van der Waals surface area contributed by atoms with Crippen LogP contribution in [0.4, 0.5) is 5.69 Å². The molecule has 1 fully saturated rings. The molecule has 21 heavy (non-hydrogen) atoms. The average Bonchev–Trinajstić information content (AvgIpc) is 2.77. The Labute approximate surface area is 126 Å². The van der Waals surface area contributed by atoms with Crippen molar-refractivity contribution in [3.8, 4) is 5.75 Å². The largest absolute Gasteiger partial charge is 0.507 e. The third-order valence-electron chi connectivity index (χ3n) is 3.06. The van der Waals surface area contributed by atoms with Gasteiger partial charge in [0.15, 0.2) is 5.17 Å². The maximum atomic E-state index is 12.4. The quantitative estimate of drug-likeness (QED) is 0.834. The molecule has 1 heterocycles. The van der Waals surface area contributed by atoms with Crippen LogP contribution >= 0.6 is 11.8 Å². The summed E-state index contributed by atoms with van der Waals surface area (Å²) in [5.41, 5.74) is 1.23. The Kier molecular flexibility index (Phi) is 3.50. The van der Waals surface area contributed by atoms with E-state index in [4.69, 9.17) is 5.41 Å². The van der Waals surface area contributed by atoms with Gasteiger partial charge in [-0.3, -0.25) is 15.1 Å². The molecule has 0 aliphatic carbocycles. The zero-order valence-corrected chi connectivity index (χ0v) is 11.8. The first kappa shape index (κ1) is 13.5. The molecule has 2 aromatic rings. The first-order valence-electron chi connectivity index (χ1n) is 6.32. The number of rotatable bonds is 2. The van der Waals surface area contributed by atoms with Gasteiger partial charge in [-0.1, -0.05) is 36.4 Å². The van der Waals surface area contributed by atoms with Gasteiger partial charge in [0.1, 0.15) is 5.75 Å². The number of carbonyl (C=O) groups is 1. The molecule has 0 saturated carbocycles. The van der Waals surface area contributed by atoms with Crippen LogP contribution in [-0.4, -0.2) is 16.2 Å². The Balaban J connectivity index is 1.96. The van der Waals surface area contributed by atoms with E-state index in [-0.39, 0.29) is 16.8 Å². The molecule has 0 radical (unpaired) electrons. The van der Waals surface area contributed by atoms with Crippen molar-refractivity contribution in [3.05, 3.63) is 65.1 Å². The highest BCUT2D eigenvalue weighted by molar-refractivity contribution is 8.19. The Morgan fingerprint density at radius 1 is 1.05 bits per heavy atom. The van der Waals surface area contributed by atoms with Gasteiger partial charge in [0, 0.05) is 5.56 Å². The number of anilines is 1. The van der Waals surface area contributed by atoms with Crippen molar-refractivity contribution in [1.82, 2.24) is 0 Å². The molecule has 1 aliphatic rings. The lowest BCUT2D eigenvalue weighted by Gasteiger charge is -2.13. The number of nitrogens with zero attached hydrogens (tertiary/aromatic N) is 1. The number of phenolic OH excluding ortho intramolecular Hbond substituents is 1. The van der Waals surface area contributed by atoms with Crippen LogP contribution in [0, 0.1) is 5.41 Å². The smallest absolute Gasteiger partial charge is 0.271 e. The van der Waals surface area contributed by atoms with Gasteiger partial charge in [-0.15, -0.1) is 0 Å². The molecule has 0 bridgehead atoms. The molecule has 0 unspecified atom stereocenters. The summed E-state index contributed by atoms with van der Waals surface area (Å²) < 4.78 is 0. The fourth-order valence-electron chi connectivity index (χ4n) is 2.05. The maximum absolute atomic E-state index is 12.4. The number of phenols is 1. The number of aromatic hydroxyl groups is 1. The average molecular weight is 296 g/mol. The molecule has 5 heteroatoms. The van der Waals surface area contributed by atoms with Gasteiger partial charge in [0.25, 0.3) is 5.91 Å². The molecule has 1 aliphatic heterocycles. The first-order chi connectivity index (χ1) is 10.2. The summed E-state index contributed by atoms with van der Waals surface area (Å²) in [7, 11) is 0. The number of hydrogen-bond donors (Lipinski definition) is 2. The van der Waals surface area contributed by atoms with E-state index in [1.165, 1.54) is 4.90 Å². The molecule has 0 aromatic heterocycles. The summed E-state index contributed by atoms with van der Waals surface area (Å²) in [6, 6.07) is 15.9. The minimum Gasteiger partial charge on any atom is -0.507 e. The Bertz CT molecular complexity index is 741. The second-order valence-corrected chi connectivity index (χ2v) is 5.48. The van der Waals surface area contributed by atoms with Crippen molar-refractivity contribution < 1.29 is 9.90 Å². The highest BCUT2D eigenvalue weighted by atomic mass is 32.2. The number of hydrogen-bond acceptors (Lipinski definition) is 4. The predicted octanol–water partition coefficient (Wildman–Crippen LogP) is 3.45. The fraction of sp³-hybridized carbons (Fsp3) is 0. The number of carbonyl (C=O) groups excluding carboxylic acids is 1.